The predicted octanol–water partition coefficient (Wildman–Crippen LogP) is 6.42. The van der Waals surface area contributed by atoms with Crippen molar-refractivity contribution in [2.75, 3.05) is 26.1 Å². The van der Waals surface area contributed by atoms with Gasteiger partial charge in [0.2, 0.25) is 0 Å². The lowest BCUT2D eigenvalue weighted by atomic mass is 10.0. The Bertz CT molecular complexity index is 1180. The molecule has 9 heteroatoms. The second-order valence-corrected chi connectivity index (χ2v) is 8.93. The van der Waals surface area contributed by atoms with E-state index in [1.165, 1.54) is 12.1 Å². The number of nitrogens with one attached hydrogen (secondary N) is 1. The topological polar surface area (TPSA) is 65.5 Å². The van der Waals surface area contributed by atoms with Crippen LogP contribution in [0.15, 0.2) is 30.3 Å². The van der Waals surface area contributed by atoms with Crippen LogP contribution in [0.1, 0.15) is 50.7 Å². The quantitative estimate of drug-likeness (QED) is 0.353. The Kier molecular flexibility index (Phi) is 8.10. The molecule has 6 nitrogen and oxygen atoms in total. The maximum atomic E-state index is 15.0. The zero-order chi connectivity index (χ0) is 25.9. The molecule has 3 rings (SSSR count). The summed E-state index contributed by atoms with van der Waals surface area (Å²) in [6.45, 7) is 8.49. The van der Waals surface area contributed by atoms with Crippen LogP contribution in [0, 0.1) is 18.7 Å². The zero-order valence-electron chi connectivity index (χ0n) is 21.1. The molecule has 0 bridgehead atoms. The molecule has 0 spiro atoms. The van der Waals surface area contributed by atoms with Crippen molar-refractivity contribution in [2.24, 2.45) is 5.92 Å². The van der Waals surface area contributed by atoms with E-state index in [2.05, 4.69) is 15.3 Å². The van der Waals surface area contributed by atoms with Gasteiger partial charge in [-0.1, -0.05) is 32.0 Å². The second kappa shape index (κ2) is 10.7. The number of rotatable bonds is 10. The third-order valence-electron chi connectivity index (χ3n) is 5.86. The van der Waals surface area contributed by atoms with E-state index >= 15 is 0 Å². The fourth-order valence-corrected chi connectivity index (χ4v) is 3.85. The molecule has 0 amide bonds. The largest absolute Gasteiger partial charge is 0.493 e. The average molecular weight is 492 g/mol. The minimum Gasteiger partial charge on any atom is -0.493 e. The lowest BCUT2D eigenvalue weighted by Crippen LogP contribution is -2.26. The number of aromatic nitrogens is 2. The molecule has 0 saturated heterocycles. The van der Waals surface area contributed by atoms with E-state index in [1.54, 1.807) is 40.2 Å². The minimum atomic E-state index is -3.29. The third-order valence-corrected chi connectivity index (χ3v) is 5.86. The molecule has 0 radical (unpaired) electrons. The second-order valence-electron chi connectivity index (χ2n) is 8.93. The van der Waals surface area contributed by atoms with Crippen LogP contribution in [0.3, 0.4) is 0 Å². The van der Waals surface area contributed by atoms with Crippen LogP contribution in [0.25, 0.3) is 10.9 Å². The van der Waals surface area contributed by atoms with Gasteiger partial charge in [0.25, 0.3) is 5.92 Å². The van der Waals surface area contributed by atoms with E-state index in [4.69, 9.17) is 14.2 Å². The number of methoxy groups -OCH3 is 2. The summed E-state index contributed by atoms with van der Waals surface area (Å²) < 4.78 is 59.7. The van der Waals surface area contributed by atoms with Crippen molar-refractivity contribution in [2.45, 2.75) is 52.7 Å². The summed E-state index contributed by atoms with van der Waals surface area (Å²) in [4.78, 5) is 8.98. The first-order chi connectivity index (χ1) is 16.5. The minimum absolute atomic E-state index is 0.110. The molecule has 0 aliphatic heterocycles. The van der Waals surface area contributed by atoms with Crippen molar-refractivity contribution < 1.29 is 27.4 Å². The van der Waals surface area contributed by atoms with Gasteiger partial charge in [0.15, 0.2) is 11.5 Å². The summed E-state index contributed by atoms with van der Waals surface area (Å²) in [6.07, 6.45) is -0.116. The highest BCUT2D eigenvalue weighted by molar-refractivity contribution is 5.92. The van der Waals surface area contributed by atoms with E-state index in [0.717, 1.165) is 6.07 Å². The summed E-state index contributed by atoms with van der Waals surface area (Å²) in [7, 11) is 3.17. The molecule has 2 aromatic carbocycles. The molecule has 0 aliphatic rings. The number of hydrogen-bond donors (Lipinski definition) is 1. The van der Waals surface area contributed by atoms with E-state index in [0.29, 0.717) is 47.6 Å². The van der Waals surface area contributed by atoms with Crippen LogP contribution >= 0.6 is 0 Å². The Labute approximate surface area is 203 Å². The van der Waals surface area contributed by atoms with Crippen LogP contribution in [0.2, 0.25) is 0 Å². The maximum Gasteiger partial charge on any atom is 0.273 e. The Morgan fingerprint density at radius 2 is 1.77 bits per heavy atom. The van der Waals surface area contributed by atoms with Crippen molar-refractivity contribution in [1.82, 2.24) is 9.97 Å². The van der Waals surface area contributed by atoms with Gasteiger partial charge in [0, 0.05) is 31.0 Å². The SMILES string of the molecule is COc1cc2nc(C)nc(N[C@H](C)c3cccc(C(C)(F)F)c3F)c2cc1OCC(OC)C(C)C. The lowest BCUT2D eigenvalue weighted by molar-refractivity contribution is 0.0136. The maximum absolute atomic E-state index is 15.0. The summed E-state index contributed by atoms with van der Waals surface area (Å²) >= 11 is 0. The fourth-order valence-electron chi connectivity index (χ4n) is 3.85. The summed E-state index contributed by atoms with van der Waals surface area (Å²) in [6, 6.07) is 6.83. The van der Waals surface area contributed by atoms with Crippen molar-refractivity contribution in [3.05, 3.63) is 53.1 Å². The van der Waals surface area contributed by atoms with E-state index in [1.807, 2.05) is 13.8 Å². The normalized spacial score (nSPS) is 13.7. The summed E-state index contributed by atoms with van der Waals surface area (Å²) in [5.74, 6) is -2.11. The van der Waals surface area contributed by atoms with Gasteiger partial charge in [-0.2, -0.15) is 0 Å². The molecule has 2 atom stereocenters. The van der Waals surface area contributed by atoms with Crippen molar-refractivity contribution >= 4 is 16.7 Å². The van der Waals surface area contributed by atoms with Crippen LogP contribution in [0.5, 0.6) is 11.5 Å². The number of ether oxygens (including phenoxy) is 3. The lowest BCUT2D eigenvalue weighted by Gasteiger charge is -2.22. The van der Waals surface area contributed by atoms with E-state index in [9.17, 15) is 13.2 Å². The van der Waals surface area contributed by atoms with Gasteiger partial charge in [-0.15, -0.1) is 0 Å². The van der Waals surface area contributed by atoms with E-state index in [-0.39, 0.29) is 17.6 Å². The van der Waals surface area contributed by atoms with Crippen molar-refractivity contribution in [3.8, 4) is 11.5 Å². The molecule has 1 unspecified atom stereocenters. The summed E-state index contributed by atoms with van der Waals surface area (Å²) in [5, 5.41) is 3.78. The van der Waals surface area contributed by atoms with Gasteiger partial charge in [0.05, 0.1) is 30.3 Å². The molecule has 0 fully saturated rings. The first-order valence-electron chi connectivity index (χ1n) is 11.4. The molecule has 0 aliphatic carbocycles. The monoisotopic (exact) mass is 491 g/mol. The number of alkyl halides is 2. The van der Waals surface area contributed by atoms with E-state index < -0.39 is 23.3 Å². The van der Waals surface area contributed by atoms with Crippen LogP contribution in [-0.4, -0.2) is 36.9 Å². The zero-order valence-corrected chi connectivity index (χ0v) is 21.1. The number of halogens is 3. The Hall–Kier alpha value is -3.07. The predicted molar refractivity (Wildman–Crippen MR) is 130 cm³/mol. The molecule has 190 valence electrons. The third kappa shape index (κ3) is 5.96. The van der Waals surface area contributed by atoms with Crippen molar-refractivity contribution in [1.29, 1.82) is 0 Å². The number of benzene rings is 2. The van der Waals surface area contributed by atoms with Gasteiger partial charge >= 0.3 is 0 Å². The van der Waals surface area contributed by atoms with Gasteiger partial charge in [-0.3, -0.25) is 0 Å². The van der Waals surface area contributed by atoms with Gasteiger partial charge in [-0.25, -0.2) is 23.1 Å². The standard InChI is InChI=1S/C26H32F3N3O3/c1-14(2)23(34-7)13-35-22-11-18-20(12-21(22)33-6)31-16(4)32-25(18)30-15(3)17-9-8-10-19(24(17)27)26(5,28)29/h8-12,14-15,23H,13H2,1-7H3,(H,30,31,32)/t15-,23?/m1/s1. The highest BCUT2D eigenvalue weighted by atomic mass is 19.3. The average Bonchev–Trinajstić information content (AvgIpc) is 2.78. The van der Waals surface area contributed by atoms with Crippen LogP contribution < -0.4 is 14.8 Å². The highest BCUT2D eigenvalue weighted by Crippen LogP contribution is 2.37. The van der Waals surface area contributed by atoms with Gasteiger partial charge < -0.3 is 19.5 Å². The molecular formula is C26H32F3N3O3. The van der Waals surface area contributed by atoms with Crippen LogP contribution in [0.4, 0.5) is 19.0 Å². The van der Waals surface area contributed by atoms with Crippen molar-refractivity contribution in [3.63, 3.8) is 0 Å². The number of hydrogen-bond acceptors (Lipinski definition) is 6. The number of fused-ring (bicyclic) bond motifs is 1. The fraction of sp³-hybridized carbons (Fsp3) is 0.462. The Morgan fingerprint density at radius 1 is 1.06 bits per heavy atom. The van der Waals surface area contributed by atoms with Gasteiger partial charge in [0.1, 0.15) is 24.1 Å². The molecule has 35 heavy (non-hydrogen) atoms. The van der Waals surface area contributed by atoms with Gasteiger partial charge in [-0.05, 0) is 25.8 Å². The molecular weight excluding hydrogens is 459 g/mol. The number of anilines is 1. The Morgan fingerprint density at radius 3 is 2.37 bits per heavy atom. The first kappa shape index (κ1) is 26.5. The molecule has 1 heterocycles. The first-order valence-corrected chi connectivity index (χ1v) is 11.4. The molecule has 1 aromatic heterocycles. The summed E-state index contributed by atoms with van der Waals surface area (Å²) in [5.41, 5.74) is 0.0572. The molecule has 0 saturated carbocycles. The smallest absolute Gasteiger partial charge is 0.273 e. The molecule has 1 N–H and O–H groups in total. The number of nitrogens with zero attached hydrogens (tertiary/aromatic N) is 2. The molecule has 3 aromatic rings. The van der Waals surface area contributed by atoms with Crippen LogP contribution in [-0.2, 0) is 10.7 Å². The Balaban J connectivity index is 2.01. The number of aryl methyl sites for hydroxylation is 1. The highest BCUT2D eigenvalue weighted by Gasteiger charge is 2.30.